The predicted octanol–water partition coefficient (Wildman–Crippen LogP) is 7.11. The van der Waals surface area contributed by atoms with Crippen LogP contribution in [-0.4, -0.2) is 68.4 Å². The summed E-state index contributed by atoms with van der Waals surface area (Å²) in [6, 6.07) is 2.22. The van der Waals surface area contributed by atoms with Gasteiger partial charge in [0, 0.05) is 24.1 Å². The van der Waals surface area contributed by atoms with Crippen molar-refractivity contribution in [3.63, 3.8) is 0 Å². The van der Waals surface area contributed by atoms with Gasteiger partial charge in [0.15, 0.2) is 0 Å². The van der Waals surface area contributed by atoms with Crippen molar-refractivity contribution < 1.29 is 13.9 Å². The van der Waals surface area contributed by atoms with Crippen LogP contribution in [0.5, 0.6) is 0 Å². The fraction of sp³-hybridized carbons (Fsp3) is 0.886. The van der Waals surface area contributed by atoms with Gasteiger partial charge in [-0.25, -0.2) is 0 Å². The van der Waals surface area contributed by atoms with E-state index in [0.29, 0.717) is 11.5 Å². The average Bonchev–Trinajstić information content (AvgIpc) is 3.77. The normalized spacial score (nSPS) is 44.0. The molecule has 2 saturated heterocycles. The maximum atomic E-state index is 7.15. The van der Waals surface area contributed by atoms with E-state index in [1.54, 1.807) is 0 Å². The fourth-order valence-corrected chi connectivity index (χ4v) is 11.4. The highest BCUT2D eigenvalue weighted by atomic mass is 16.5. The third-order valence-electron chi connectivity index (χ3n) is 13.6. The van der Waals surface area contributed by atoms with E-state index >= 15 is 0 Å². The summed E-state index contributed by atoms with van der Waals surface area (Å²) in [7, 11) is 0. The van der Waals surface area contributed by atoms with E-state index in [4.69, 9.17) is 13.9 Å². The van der Waals surface area contributed by atoms with Crippen LogP contribution in [0.1, 0.15) is 103 Å². The zero-order valence-electron chi connectivity index (χ0n) is 25.6. The van der Waals surface area contributed by atoms with Crippen LogP contribution in [0.15, 0.2) is 23.0 Å². The lowest BCUT2D eigenvalue weighted by Crippen LogP contribution is -2.56. The molecular formula is C35H56N2O3. The molecule has 6 aliphatic rings. The van der Waals surface area contributed by atoms with Crippen molar-refractivity contribution in [3.8, 4) is 0 Å². The Morgan fingerprint density at radius 1 is 0.825 bits per heavy atom. The molecule has 0 N–H and O–H groups in total. The summed E-state index contributed by atoms with van der Waals surface area (Å²) in [6.07, 6.45) is 21.8. The molecule has 7 rings (SSSR count). The topological polar surface area (TPSA) is 38.1 Å². The average molecular weight is 553 g/mol. The number of hydrogen-bond donors (Lipinski definition) is 0. The van der Waals surface area contributed by atoms with E-state index in [1.165, 1.54) is 109 Å². The lowest BCUT2D eigenvalue weighted by molar-refractivity contribution is -0.185. The van der Waals surface area contributed by atoms with Crippen molar-refractivity contribution >= 4 is 0 Å². The first-order valence-corrected chi connectivity index (χ1v) is 17.2. The van der Waals surface area contributed by atoms with Crippen LogP contribution in [0.25, 0.3) is 0 Å². The van der Waals surface area contributed by atoms with Crippen LogP contribution in [0.3, 0.4) is 0 Å². The minimum atomic E-state index is -0.187. The Balaban J connectivity index is 1.03. The molecule has 3 heterocycles. The Labute approximate surface area is 243 Å². The molecule has 5 heteroatoms. The predicted molar refractivity (Wildman–Crippen MR) is 159 cm³/mol. The van der Waals surface area contributed by atoms with Gasteiger partial charge in [0.2, 0.25) is 0 Å². The molecule has 1 aromatic heterocycles. The molecule has 6 fully saturated rings. The number of rotatable bonds is 9. The lowest BCUT2D eigenvalue weighted by atomic mass is 9.44. The first-order chi connectivity index (χ1) is 19.5. The number of fused-ring (bicyclic) bond motifs is 5. The third kappa shape index (κ3) is 4.74. The Morgan fingerprint density at radius 2 is 1.55 bits per heavy atom. The summed E-state index contributed by atoms with van der Waals surface area (Å²) in [6.45, 7) is 14.4. The van der Waals surface area contributed by atoms with Crippen molar-refractivity contribution in [1.82, 2.24) is 9.80 Å². The highest BCUT2D eigenvalue weighted by Gasteiger charge is 2.66. The van der Waals surface area contributed by atoms with Gasteiger partial charge in [0.05, 0.1) is 31.8 Å². The minimum Gasteiger partial charge on any atom is -0.472 e. The zero-order chi connectivity index (χ0) is 27.2. The van der Waals surface area contributed by atoms with Crippen LogP contribution in [0.4, 0.5) is 0 Å². The molecule has 0 radical (unpaired) electrons. The smallest absolute Gasteiger partial charge is 0.102 e. The van der Waals surface area contributed by atoms with Crippen molar-refractivity contribution in [1.29, 1.82) is 0 Å². The molecule has 0 bridgehead atoms. The second-order valence-electron chi connectivity index (χ2n) is 15.2. The monoisotopic (exact) mass is 552 g/mol. The Bertz CT molecular complexity index is 971. The Kier molecular flexibility index (Phi) is 7.90. The van der Waals surface area contributed by atoms with Crippen molar-refractivity contribution in [2.45, 2.75) is 109 Å². The van der Waals surface area contributed by atoms with Crippen LogP contribution >= 0.6 is 0 Å². The molecule has 4 saturated carbocycles. The van der Waals surface area contributed by atoms with Gasteiger partial charge < -0.3 is 23.7 Å². The highest BCUT2D eigenvalue weighted by molar-refractivity contribution is 5.27. The third-order valence-corrected chi connectivity index (χ3v) is 13.6. The summed E-state index contributed by atoms with van der Waals surface area (Å²) in [5.74, 6) is 3.34. The summed E-state index contributed by atoms with van der Waals surface area (Å²) in [5.41, 5.74) is 1.82. The van der Waals surface area contributed by atoms with Crippen molar-refractivity contribution in [2.75, 3.05) is 52.5 Å². The second kappa shape index (κ2) is 11.3. The van der Waals surface area contributed by atoms with Crippen molar-refractivity contribution in [2.24, 2.45) is 34.5 Å². The van der Waals surface area contributed by atoms with Gasteiger partial charge in [-0.05, 0) is 145 Å². The summed E-state index contributed by atoms with van der Waals surface area (Å²) < 4.78 is 19.4. The number of furan rings is 1. The van der Waals surface area contributed by atoms with E-state index in [1.807, 2.05) is 12.5 Å². The van der Waals surface area contributed by atoms with Gasteiger partial charge in [-0.15, -0.1) is 0 Å². The van der Waals surface area contributed by atoms with Gasteiger partial charge >= 0.3 is 0 Å². The molecule has 0 aromatic carbocycles. The van der Waals surface area contributed by atoms with E-state index in [-0.39, 0.29) is 11.0 Å². The number of nitrogens with zero attached hydrogens (tertiary/aromatic N) is 2. The largest absolute Gasteiger partial charge is 0.472 e. The van der Waals surface area contributed by atoms with E-state index < -0.39 is 0 Å². The first-order valence-electron chi connectivity index (χ1n) is 17.2. The fourth-order valence-electron chi connectivity index (χ4n) is 11.4. The van der Waals surface area contributed by atoms with Gasteiger partial charge in [0.25, 0.3) is 0 Å². The number of likely N-dealkylation sites (tertiary alicyclic amines) is 2. The maximum absolute atomic E-state index is 7.15. The first kappa shape index (κ1) is 27.9. The number of ether oxygens (including phenoxy) is 2. The molecule has 40 heavy (non-hydrogen) atoms. The van der Waals surface area contributed by atoms with Gasteiger partial charge in [-0.1, -0.05) is 13.8 Å². The van der Waals surface area contributed by atoms with Crippen LogP contribution in [0, 0.1) is 34.5 Å². The van der Waals surface area contributed by atoms with E-state index in [9.17, 15) is 0 Å². The minimum absolute atomic E-state index is 0.187. The van der Waals surface area contributed by atoms with E-state index in [0.717, 1.165) is 56.4 Å². The Hall–Kier alpha value is -0.880. The van der Waals surface area contributed by atoms with Gasteiger partial charge in [0.1, 0.15) is 5.60 Å². The standard InChI is InChI=1S/C35H56N2O3/c1-33-13-9-29(39-23-20-36-16-3-4-17-36)25-27(33)7-8-30-31(33)10-14-34(2)32(30)11-15-35(34,28-12-22-38-26-28)40-24-21-37-18-5-6-19-37/h12,22,26-27,29-32H,3-11,13-21,23-25H2,1-2H3/t27-,29+,30-,31+,32+,33+,34+,35-/m1/s1. The molecule has 4 aliphatic carbocycles. The van der Waals surface area contributed by atoms with E-state index in [2.05, 4.69) is 29.7 Å². The van der Waals surface area contributed by atoms with Gasteiger partial charge in [-0.2, -0.15) is 0 Å². The molecule has 2 aliphatic heterocycles. The molecule has 5 nitrogen and oxygen atoms in total. The molecular weight excluding hydrogens is 496 g/mol. The number of hydrogen-bond acceptors (Lipinski definition) is 5. The highest BCUT2D eigenvalue weighted by Crippen LogP contribution is 2.71. The summed E-state index contributed by atoms with van der Waals surface area (Å²) >= 11 is 0. The van der Waals surface area contributed by atoms with Crippen LogP contribution in [0.2, 0.25) is 0 Å². The summed E-state index contributed by atoms with van der Waals surface area (Å²) in [5, 5.41) is 0. The maximum Gasteiger partial charge on any atom is 0.102 e. The summed E-state index contributed by atoms with van der Waals surface area (Å²) in [4.78, 5) is 5.20. The Morgan fingerprint density at radius 3 is 2.27 bits per heavy atom. The van der Waals surface area contributed by atoms with Gasteiger partial charge in [-0.3, -0.25) is 0 Å². The lowest BCUT2D eigenvalue weighted by Gasteiger charge is -2.62. The van der Waals surface area contributed by atoms with Crippen LogP contribution in [-0.2, 0) is 15.1 Å². The molecule has 8 atom stereocenters. The molecule has 1 aromatic rings. The quantitative estimate of drug-likeness (QED) is 0.326. The molecule has 0 spiro atoms. The van der Waals surface area contributed by atoms with Crippen molar-refractivity contribution in [3.05, 3.63) is 24.2 Å². The zero-order valence-corrected chi connectivity index (χ0v) is 25.6. The molecule has 0 amide bonds. The molecule has 224 valence electrons. The SMILES string of the molecule is C[C@]12CC[C@H](OCCN3CCCC3)C[C@H]1CC[C@@H]1[C@@H]2CC[C@@]2(C)[C@H]1CC[C@@]2(OCCN1CCCC1)c1ccoc1. The van der Waals surface area contributed by atoms with Crippen LogP contribution < -0.4 is 0 Å². The molecule has 0 unspecified atom stereocenters. The second-order valence-corrected chi connectivity index (χ2v) is 15.2.